The standard InChI is InChI=1S/C20H27N/c1-4-10-17-13-8-9-14-19(17)21-20(15-16(2)3)18-11-6-5-7-12-18/h5-9,11-14,16,20-21H,4,10,15H2,1-3H3. The van der Waals surface area contributed by atoms with E-state index in [-0.39, 0.29) is 0 Å². The molecule has 0 aliphatic heterocycles. The largest absolute Gasteiger partial charge is 0.378 e. The van der Waals surface area contributed by atoms with Crippen LogP contribution in [0.5, 0.6) is 0 Å². The van der Waals surface area contributed by atoms with Crippen LogP contribution in [0.2, 0.25) is 0 Å². The maximum atomic E-state index is 3.78. The molecular formula is C20H27N. The van der Waals surface area contributed by atoms with Crippen molar-refractivity contribution in [3.8, 4) is 0 Å². The molecule has 2 aromatic rings. The molecule has 2 aromatic carbocycles. The summed E-state index contributed by atoms with van der Waals surface area (Å²) in [5.41, 5.74) is 4.08. The van der Waals surface area contributed by atoms with Gasteiger partial charge < -0.3 is 5.32 Å². The van der Waals surface area contributed by atoms with Gasteiger partial charge in [-0.2, -0.15) is 0 Å². The first-order chi connectivity index (χ1) is 10.2. The van der Waals surface area contributed by atoms with Gasteiger partial charge in [0.25, 0.3) is 0 Å². The van der Waals surface area contributed by atoms with E-state index in [1.165, 1.54) is 23.2 Å². The normalized spacial score (nSPS) is 12.4. The van der Waals surface area contributed by atoms with Crippen LogP contribution >= 0.6 is 0 Å². The van der Waals surface area contributed by atoms with Crippen molar-refractivity contribution in [2.45, 2.75) is 46.1 Å². The summed E-state index contributed by atoms with van der Waals surface area (Å²) < 4.78 is 0. The molecule has 0 amide bonds. The van der Waals surface area contributed by atoms with Gasteiger partial charge in [0.05, 0.1) is 6.04 Å². The molecule has 0 radical (unpaired) electrons. The molecule has 0 spiro atoms. The smallest absolute Gasteiger partial charge is 0.0516 e. The van der Waals surface area contributed by atoms with Crippen molar-refractivity contribution in [1.82, 2.24) is 0 Å². The van der Waals surface area contributed by atoms with E-state index in [1.54, 1.807) is 0 Å². The van der Waals surface area contributed by atoms with Crippen molar-refractivity contribution in [3.63, 3.8) is 0 Å². The highest BCUT2D eigenvalue weighted by molar-refractivity contribution is 5.52. The van der Waals surface area contributed by atoms with E-state index in [9.17, 15) is 0 Å². The van der Waals surface area contributed by atoms with Crippen LogP contribution in [0.15, 0.2) is 54.6 Å². The van der Waals surface area contributed by atoms with Crippen molar-refractivity contribution in [2.24, 2.45) is 5.92 Å². The molecule has 0 saturated heterocycles. The van der Waals surface area contributed by atoms with E-state index in [1.807, 2.05) is 0 Å². The van der Waals surface area contributed by atoms with Crippen LogP contribution in [0, 0.1) is 5.92 Å². The van der Waals surface area contributed by atoms with Crippen LogP contribution in [0.3, 0.4) is 0 Å². The van der Waals surface area contributed by atoms with Crippen molar-refractivity contribution < 1.29 is 0 Å². The van der Waals surface area contributed by atoms with Gasteiger partial charge >= 0.3 is 0 Å². The summed E-state index contributed by atoms with van der Waals surface area (Å²) in [4.78, 5) is 0. The minimum absolute atomic E-state index is 0.379. The van der Waals surface area contributed by atoms with Gasteiger partial charge in [0.2, 0.25) is 0 Å². The zero-order valence-electron chi connectivity index (χ0n) is 13.5. The number of benzene rings is 2. The Morgan fingerprint density at radius 1 is 0.905 bits per heavy atom. The molecule has 0 fully saturated rings. The molecule has 0 aliphatic carbocycles. The third-order valence-electron chi connectivity index (χ3n) is 3.78. The van der Waals surface area contributed by atoms with Gasteiger partial charge in [-0.3, -0.25) is 0 Å². The van der Waals surface area contributed by atoms with Crippen molar-refractivity contribution in [1.29, 1.82) is 0 Å². The predicted octanol–water partition coefficient (Wildman–Crippen LogP) is 5.84. The average Bonchev–Trinajstić information content (AvgIpc) is 2.49. The number of hydrogen-bond donors (Lipinski definition) is 1. The number of anilines is 1. The molecule has 1 heteroatoms. The van der Waals surface area contributed by atoms with Crippen molar-refractivity contribution in [2.75, 3.05) is 5.32 Å². The molecular weight excluding hydrogens is 254 g/mol. The summed E-state index contributed by atoms with van der Waals surface area (Å²) >= 11 is 0. The molecule has 21 heavy (non-hydrogen) atoms. The minimum atomic E-state index is 0.379. The molecule has 1 nitrogen and oxygen atoms in total. The van der Waals surface area contributed by atoms with Crippen molar-refractivity contribution >= 4 is 5.69 Å². The Bertz CT molecular complexity index is 531. The number of rotatable bonds is 7. The lowest BCUT2D eigenvalue weighted by Gasteiger charge is -2.24. The summed E-state index contributed by atoms with van der Waals surface area (Å²) in [5, 5.41) is 3.78. The Hall–Kier alpha value is -1.76. The van der Waals surface area contributed by atoms with Gasteiger partial charge in [0.1, 0.15) is 0 Å². The monoisotopic (exact) mass is 281 g/mol. The fourth-order valence-corrected chi connectivity index (χ4v) is 2.77. The summed E-state index contributed by atoms with van der Waals surface area (Å²) in [7, 11) is 0. The number of nitrogens with one attached hydrogen (secondary N) is 1. The third kappa shape index (κ3) is 4.63. The van der Waals surface area contributed by atoms with Crippen LogP contribution in [-0.2, 0) is 6.42 Å². The van der Waals surface area contributed by atoms with E-state index in [4.69, 9.17) is 0 Å². The molecule has 2 rings (SSSR count). The van der Waals surface area contributed by atoms with Crippen LogP contribution in [0.25, 0.3) is 0 Å². The topological polar surface area (TPSA) is 12.0 Å². The minimum Gasteiger partial charge on any atom is -0.378 e. The lowest BCUT2D eigenvalue weighted by molar-refractivity contribution is 0.530. The zero-order valence-corrected chi connectivity index (χ0v) is 13.5. The third-order valence-corrected chi connectivity index (χ3v) is 3.78. The quantitative estimate of drug-likeness (QED) is 0.672. The highest BCUT2D eigenvalue weighted by Gasteiger charge is 2.14. The molecule has 0 aromatic heterocycles. The fourth-order valence-electron chi connectivity index (χ4n) is 2.77. The SMILES string of the molecule is CCCc1ccccc1NC(CC(C)C)c1ccccc1. The Balaban J connectivity index is 2.23. The Labute approximate surface area is 129 Å². The van der Waals surface area contributed by atoms with Crippen LogP contribution < -0.4 is 5.32 Å². The lowest BCUT2D eigenvalue weighted by Crippen LogP contribution is -2.14. The Morgan fingerprint density at radius 2 is 1.57 bits per heavy atom. The van der Waals surface area contributed by atoms with Crippen molar-refractivity contribution in [3.05, 3.63) is 65.7 Å². The van der Waals surface area contributed by atoms with E-state index >= 15 is 0 Å². The van der Waals surface area contributed by atoms with Gasteiger partial charge in [0.15, 0.2) is 0 Å². The Morgan fingerprint density at radius 3 is 2.24 bits per heavy atom. The first-order valence-electron chi connectivity index (χ1n) is 8.10. The fraction of sp³-hybridized carbons (Fsp3) is 0.400. The number of aryl methyl sites for hydroxylation is 1. The molecule has 0 bridgehead atoms. The molecule has 1 unspecified atom stereocenters. The van der Waals surface area contributed by atoms with Crippen LogP contribution in [0.4, 0.5) is 5.69 Å². The maximum absolute atomic E-state index is 3.78. The highest BCUT2D eigenvalue weighted by atomic mass is 14.9. The van der Waals surface area contributed by atoms with Gasteiger partial charge in [0, 0.05) is 5.69 Å². The number of hydrogen-bond acceptors (Lipinski definition) is 1. The highest BCUT2D eigenvalue weighted by Crippen LogP contribution is 2.28. The molecule has 0 heterocycles. The van der Waals surface area contributed by atoms with E-state index in [2.05, 4.69) is 80.7 Å². The van der Waals surface area contributed by atoms with Gasteiger partial charge in [-0.25, -0.2) is 0 Å². The first-order valence-corrected chi connectivity index (χ1v) is 8.10. The molecule has 0 aliphatic rings. The van der Waals surface area contributed by atoms with Gasteiger partial charge in [-0.1, -0.05) is 75.7 Å². The summed E-state index contributed by atoms with van der Waals surface area (Å²) in [5.74, 6) is 0.668. The number of para-hydroxylation sites is 1. The zero-order chi connectivity index (χ0) is 15.1. The van der Waals surface area contributed by atoms with Gasteiger partial charge in [-0.05, 0) is 36.0 Å². The van der Waals surface area contributed by atoms with Crippen LogP contribution in [0.1, 0.15) is 50.8 Å². The predicted molar refractivity (Wildman–Crippen MR) is 92.7 cm³/mol. The Kier molecular flexibility index (Phi) is 5.86. The average molecular weight is 281 g/mol. The van der Waals surface area contributed by atoms with Crippen LogP contribution in [-0.4, -0.2) is 0 Å². The summed E-state index contributed by atoms with van der Waals surface area (Å²) in [6.07, 6.45) is 3.45. The molecule has 1 atom stereocenters. The first kappa shape index (κ1) is 15.6. The molecule has 1 N–H and O–H groups in total. The summed E-state index contributed by atoms with van der Waals surface area (Å²) in [6.45, 7) is 6.81. The molecule has 0 saturated carbocycles. The molecule has 112 valence electrons. The van der Waals surface area contributed by atoms with E-state index in [0.29, 0.717) is 12.0 Å². The summed E-state index contributed by atoms with van der Waals surface area (Å²) in [6, 6.07) is 19.9. The second-order valence-electron chi connectivity index (χ2n) is 6.14. The van der Waals surface area contributed by atoms with Gasteiger partial charge in [-0.15, -0.1) is 0 Å². The second-order valence-corrected chi connectivity index (χ2v) is 6.14. The second kappa shape index (κ2) is 7.87. The lowest BCUT2D eigenvalue weighted by atomic mass is 9.96. The van der Waals surface area contributed by atoms with E-state index < -0.39 is 0 Å². The maximum Gasteiger partial charge on any atom is 0.0516 e. The van der Waals surface area contributed by atoms with E-state index in [0.717, 1.165) is 12.8 Å².